The first kappa shape index (κ1) is 12.9. The molecule has 1 aromatic carbocycles. The van der Waals surface area contributed by atoms with Gasteiger partial charge in [-0.3, -0.25) is 9.59 Å². The second kappa shape index (κ2) is 5.39. The Kier molecular flexibility index (Phi) is 3.66. The molecule has 0 spiro atoms. The van der Waals surface area contributed by atoms with Crippen molar-refractivity contribution in [2.45, 2.75) is 6.92 Å². The van der Waals surface area contributed by atoms with Crippen LogP contribution in [0.25, 0.3) is 0 Å². The zero-order chi connectivity index (χ0) is 13.8. The monoisotopic (exact) mass is 258 g/mol. The van der Waals surface area contributed by atoms with E-state index in [1.54, 1.807) is 31.4 Å². The largest absolute Gasteiger partial charge is 0.496 e. The van der Waals surface area contributed by atoms with Gasteiger partial charge in [-0.2, -0.15) is 0 Å². The van der Waals surface area contributed by atoms with E-state index in [-0.39, 0.29) is 17.2 Å². The van der Waals surface area contributed by atoms with Crippen molar-refractivity contribution >= 4 is 11.6 Å². The highest BCUT2D eigenvalue weighted by molar-refractivity contribution is 6.02. The maximum absolute atomic E-state index is 11.9. The van der Waals surface area contributed by atoms with Crippen LogP contribution in [0.2, 0.25) is 0 Å². The Morgan fingerprint density at radius 3 is 2.68 bits per heavy atom. The van der Waals surface area contributed by atoms with Gasteiger partial charge in [-0.05, 0) is 36.8 Å². The van der Waals surface area contributed by atoms with Gasteiger partial charge in [-0.15, -0.1) is 0 Å². The van der Waals surface area contributed by atoms with Crippen molar-refractivity contribution in [2.75, 3.05) is 12.4 Å². The van der Waals surface area contributed by atoms with Crippen molar-refractivity contribution in [2.24, 2.45) is 0 Å². The van der Waals surface area contributed by atoms with Crippen molar-refractivity contribution in [1.82, 2.24) is 4.98 Å². The zero-order valence-corrected chi connectivity index (χ0v) is 10.7. The van der Waals surface area contributed by atoms with E-state index in [0.29, 0.717) is 5.69 Å². The number of rotatable bonds is 3. The summed E-state index contributed by atoms with van der Waals surface area (Å²) >= 11 is 0. The lowest BCUT2D eigenvalue weighted by molar-refractivity contribution is 0.102. The number of aryl methyl sites for hydroxylation is 1. The van der Waals surface area contributed by atoms with E-state index in [1.165, 1.54) is 12.1 Å². The maximum atomic E-state index is 11.9. The van der Waals surface area contributed by atoms with Gasteiger partial charge in [0, 0.05) is 11.8 Å². The Labute approximate surface area is 110 Å². The van der Waals surface area contributed by atoms with E-state index in [4.69, 9.17) is 4.74 Å². The first-order chi connectivity index (χ1) is 9.10. The van der Waals surface area contributed by atoms with Crippen molar-refractivity contribution in [1.29, 1.82) is 0 Å². The minimum Gasteiger partial charge on any atom is -0.496 e. The molecule has 1 aromatic heterocycles. The number of hydrogen-bond donors (Lipinski definition) is 2. The zero-order valence-electron chi connectivity index (χ0n) is 10.7. The SMILES string of the molecule is COc1ccc(NC(=O)c2cccc(=O)[nH]2)cc1C. The van der Waals surface area contributed by atoms with Gasteiger partial charge in [0.1, 0.15) is 11.4 Å². The molecule has 19 heavy (non-hydrogen) atoms. The summed E-state index contributed by atoms with van der Waals surface area (Å²) in [6, 6.07) is 9.76. The summed E-state index contributed by atoms with van der Waals surface area (Å²) in [5.41, 5.74) is 1.48. The number of aromatic nitrogens is 1. The summed E-state index contributed by atoms with van der Waals surface area (Å²) < 4.78 is 5.15. The number of nitrogens with one attached hydrogen (secondary N) is 2. The lowest BCUT2D eigenvalue weighted by Crippen LogP contribution is -2.17. The minimum absolute atomic E-state index is 0.223. The fourth-order valence-electron chi connectivity index (χ4n) is 1.73. The average molecular weight is 258 g/mol. The van der Waals surface area contributed by atoms with Crippen LogP contribution >= 0.6 is 0 Å². The predicted octanol–water partition coefficient (Wildman–Crippen LogP) is 1.94. The third-order valence-corrected chi connectivity index (χ3v) is 2.67. The molecule has 0 unspecified atom stereocenters. The molecule has 98 valence electrons. The van der Waals surface area contributed by atoms with Crippen LogP contribution < -0.4 is 15.6 Å². The number of anilines is 1. The number of methoxy groups -OCH3 is 1. The van der Waals surface area contributed by atoms with E-state index in [0.717, 1.165) is 11.3 Å². The smallest absolute Gasteiger partial charge is 0.272 e. The molecular weight excluding hydrogens is 244 g/mol. The molecule has 1 heterocycles. The molecule has 0 radical (unpaired) electrons. The number of aromatic amines is 1. The molecule has 2 rings (SSSR count). The van der Waals surface area contributed by atoms with Crippen molar-refractivity contribution in [3.8, 4) is 5.75 Å². The average Bonchev–Trinajstić information content (AvgIpc) is 2.39. The van der Waals surface area contributed by atoms with Gasteiger partial charge in [-0.25, -0.2) is 0 Å². The van der Waals surface area contributed by atoms with Crippen LogP contribution in [0.4, 0.5) is 5.69 Å². The Hall–Kier alpha value is -2.56. The van der Waals surface area contributed by atoms with Crippen molar-refractivity contribution in [3.63, 3.8) is 0 Å². The lowest BCUT2D eigenvalue weighted by Gasteiger charge is -2.08. The molecule has 0 aliphatic carbocycles. The fraction of sp³-hybridized carbons (Fsp3) is 0.143. The van der Waals surface area contributed by atoms with Gasteiger partial charge < -0.3 is 15.0 Å². The topological polar surface area (TPSA) is 71.2 Å². The third-order valence-electron chi connectivity index (χ3n) is 2.67. The highest BCUT2D eigenvalue weighted by atomic mass is 16.5. The molecule has 0 saturated heterocycles. The molecule has 0 saturated carbocycles. The molecular formula is C14H14N2O3. The second-order valence-electron chi connectivity index (χ2n) is 4.07. The summed E-state index contributed by atoms with van der Waals surface area (Å²) in [5, 5.41) is 2.71. The summed E-state index contributed by atoms with van der Waals surface area (Å²) in [6.07, 6.45) is 0. The van der Waals surface area contributed by atoms with Gasteiger partial charge in [0.15, 0.2) is 0 Å². The molecule has 0 aliphatic rings. The van der Waals surface area contributed by atoms with Gasteiger partial charge in [0.05, 0.1) is 7.11 Å². The number of hydrogen-bond acceptors (Lipinski definition) is 3. The van der Waals surface area contributed by atoms with Crippen LogP contribution in [-0.4, -0.2) is 18.0 Å². The molecule has 5 heteroatoms. The molecule has 2 N–H and O–H groups in total. The van der Waals surface area contributed by atoms with Crippen LogP contribution in [0.3, 0.4) is 0 Å². The standard InChI is InChI=1S/C14H14N2O3/c1-9-8-10(6-7-12(9)19-2)15-14(18)11-4-3-5-13(17)16-11/h3-8H,1-2H3,(H,15,18)(H,16,17). The van der Waals surface area contributed by atoms with Crippen molar-refractivity contribution < 1.29 is 9.53 Å². The molecule has 0 atom stereocenters. The quantitative estimate of drug-likeness (QED) is 0.883. The number of carbonyl (C=O) groups is 1. The summed E-state index contributed by atoms with van der Waals surface area (Å²) in [5.74, 6) is 0.397. The van der Waals surface area contributed by atoms with Gasteiger partial charge in [0.2, 0.25) is 5.56 Å². The summed E-state index contributed by atoms with van der Waals surface area (Å²) in [4.78, 5) is 25.5. The van der Waals surface area contributed by atoms with E-state index in [9.17, 15) is 9.59 Å². The Bertz CT molecular complexity index is 662. The van der Waals surface area contributed by atoms with Gasteiger partial charge >= 0.3 is 0 Å². The summed E-state index contributed by atoms with van der Waals surface area (Å²) in [7, 11) is 1.59. The van der Waals surface area contributed by atoms with E-state index in [1.807, 2.05) is 6.92 Å². The Morgan fingerprint density at radius 2 is 2.05 bits per heavy atom. The highest BCUT2D eigenvalue weighted by Crippen LogP contribution is 2.21. The first-order valence-electron chi connectivity index (χ1n) is 5.75. The van der Waals surface area contributed by atoms with Gasteiger partial charge in [0.25, 0.3) is 5.91 Å². The number of H-pyrrole nitrogens is 1. The normalized spacial score (nSPS) is 10.0. The molecule has 5 nitrogen and oxygen atoms in total. The van der Waals surface area contributed by atoms with Crippen LogP contribution in [0.15, 0.2) is 41.2 Å². The molecule has 1 amide bonds. The van der Waals surface area contributed by atoms with Crippen LogP contribution in [0.5, 0.6) is 5.75 Å². The van der Waals surface area contributed by atoms with Crippen LogP contribution in [0.1, 0.15) is 16.1 Å². The fourth-order valence-corrected chi connectivity index (χ4v) is 1.73. The number of benzene rings is 1. The Balaban J connectivity index is 2.19. The Morgan fingerprint density at radius 1 is 1.26 bits per heavy atom. The highest BCUT2D eigenvalue weighted by Gasteiger charge is 2.07. The van der Waals surface area contributed by atoms with Crippen LogP contribution in [0, 0.1) is 6.92 Å². The molecule has 0 fully saturated rings. The first-order valence-corrected chi connectivity index (χ1v) is 5.75. The van der Waals surface area contributed by atoms with E-state index >= 15 is 0 Å². The number of pyridine rings is 1. The second-order valence-corrected chi connectivity index (χ2v) is 4.07. The van der Waals surface area contributed by atoms with E-state index in [2.05, 4.69) is 10.3 Å². The van der Waals surface area contributed by atoms with Gasteiger partial charge in [-0.1, -0.05) is 6.07 Å². The lowest BCUT2D eigenvalue weighted by atomic mass is 10.2. The molecule has 0 aliphatic heterocycles. The number of amides is 1. The predicted molar refractivity (Wildman–Crippen MR) is 72.7 cm³/mol. The minimum atomic E-state index is -0.359. The van der Waals surface area contributed by atoms with E-state index < -0.39 is 0 Å². The third kappa shape index (κ3) is 3.01. The van der Waals surface area contributed by atoms with Crippen molar-refractivity contribution in [3.05, 3.63) is 58.0 Å². The van der Waals surface area contributed by atoms with Crippen LogP contribution in [-0.2, 0) is 0 Å². The summed E-state index contributed by atoms with van der Waals surface area (Å²) in [6.45, 7) is 1.89. The molecule has 2 aromatic rings. The molecule has 0 bridgehead atoms. The number of ether oxygens (including phenoxy) is 1. The maximum Gasteiger partial charge on any atom is 0.272 e. The number of carbonyl (C=O) groups excluding carboxylic acids is 1.